The largest absolute Gasteiger partial charge is 0.378 e. The van der Waals surface area contributed by atoms with Gasteiger partial charge in [0.15, 0.2) is 0 Å². The molecule has 0 saturated carbocycles. The number of benzene rings is 1. The quantitative estimate of drug-likeness (QED) is 0.728. The van der Waals surface area contributed by atoms with Crippen LogP contribution in [0.25, 0.3) is 0 Å². The summed E-state index contributed by atoms with van der Waals surface area (Å²) < 4.78 is 0. The van der Waals surface area contributed by atoms with E-state index in [1.54, 1.807) is 0 Å². The summed E-state index contributed by atoms with van der Waals surface area (Å²) in [4.78, 5) is 2.12. The SMILES string of the molecule is CN(C)c1ccc(C2CNNC2)cc1. The lowest BCUT2D eigenvalue weighted by atomic mass is 10.0. The van der Waals surface area contributed by atoms with Crippen molar-refractivity contribution in [2.45, 2.75) is 5.92 Å². The average Bonchev–Trinajstić information content (AvgIpc) is 2.71. The van der Waals surface area contributed by atoms with Crippen LogP contribution in [0.5, 0.6) is 0 Å². The Bertz CT molecular complexity index is 286. The summed E-state index contributed by atoms with van der Waals surface area (Å²) in [6, 6.07) is 8.78. The Labute approximate surface area is 85.1 Å². The van der Waals surface area contributed by atoms with Crippen molar-refractivity contribution in [2.24, 2.45) is 0 Å². The zero-order chi connectivity index (χ0) is 9.97. The van der Waals surface area contributed by atoms with Crippen molar-refractivity contribution in [3.05, 3.63) is 29.8 Å². The van der Waals surface area contributed by atoms with Crippen LogP contribution in [0.1, 0.15) is 11.5 Å². The van der Waals surface area contributed by atoms with Gasteiger partial charge in [-0.25, -0.2) is 0 Å². The van der Waals surface area contributed by atoms with Crippen LogP contribution in [-0.2, 0) is 0 Å². The second-order valence-corrected chi connectivity index (χ2v) is 3.94. The van der Waals surface area contributed by atoms with Gasteiger partial charge in [-0.05, 0) is 17.7 Å². The van der Waals surface area contributed by atoms with E-state index in [4.69, 9.17) is 0 Å². The molecule has 0 amide bonds. The number of nitrogens with zero attached hydrogens (tertiary/aromatic N) is 1. The van der Waals surface area contributed by atoms with Crippen molar-refractivity contribution in [3.63, 3.8) is 0 Å². The second-order valence-electron chi connectivity index (χ2n) is 3.94. The Morgan fingerprint density at radius 3 is 2.14 bits per heavy atom. The molecule has 14 heavy (non-hydrogen) atoms. The van der Waals surface area contributed by atoms with E-state index in [-0.39, 0.29) is 0 Å². The number of rotatable bonds is 2. The van der Waals surface area contributed by atoms with E-state index >= 15 is 0 Å². The smallest absolute Gasteiger partial charge is 0.0361 e. The molecule has 1 aromatic carbocycles. The number of hydrogen-bond donors (Lipinski definition) is 2. The first kappa shape index (κ1) is 9.49. The van der Waals surface area contributed by atoms with Gasteiger partial charge in [0.1, 0.15) is 0 Å². The number of hydrazine groups is 1. The lowest BCUT2D eigenvalue weighted by Crippen LogP contribution is -2.21. The third-order valence-corrected chi connectivity index (χ3v) is 2.70. The highest BCUT2D eigenvalue weighted by atomic mass is 15.4. The molecule has 2 N–H and O–H groups in total. The molecular weight excluding hydrogens is 174 g/mol. The van der Waals surface area contributed by atoms with Crippen LogP contribution in [0.4, 0.5) is 5.69 Å². The van der Waals surface area contributed by atoms with Gasteiger partial charge in [0, 0.05) is 38.8 Å². The zero-order valence-corrected chi connectivity index (χ0v) is 8.75. The first-order valence-corrected chi connectivity index (χ1v) is 5.00. The van der Waals surface area contributed by atoms with Gasteiger partial charge in [0.25, 0.3) is 0 Å². The average molecular weight is 191 g/mol. The van der Waals surface area contributed by atoms with E-state index in [1.807, 2.05) is 0 Å². The molecule has 3 heteroatoms. The minimum Gasteiger partial charge on any atom is -0.378 e. The first-order chi connectivity index (χ1) is 6.77. The van der Waals surface area contributed by atoms with E-state index < -0.39 is 0 Å². The maximum absolute atomic E-state index is 3.15. The molecule has 0 aromatic heterocycles. The summed E-state index contributed by atoms with van der Waals surface area (Å²) in [6.07, 6.45) is 0. The summed E-state index contributed by atoms with van der Waals surface area (Å²) in [7, 11) is 4.13. The van der Waals surface area contributed by atoms with E-state index in [0.29, 0.717) is 5.92 Å². The Balaban J connectivity index is 2.12. The van der Waals surface area contributed by atoms with E-state index in [9.17, 15) is 0 Å². The van der Waals surface area contributed by atoms with Gasteiger partial charge in [-0.3, -0.25) is 10.9 Å². The van der Waals surface area contributed by atoms with Crippen LogP contribution in [-0.4, -0.2) is 27.2 Å². The van der Waals surface area contributed by atoms with Crippen molar-refractivity contribution in [2.75, 3.05) is 32.1 Å². The number of anilines is 1. The van der Waals surface area contributed by atoms with Crippen molar-refractivity contribution in [1.29, 1.82) is 0 Å². The number of hydrogen-bond acceptors (Lipinski definition) is 3. The molecule has 76 valence electrons. The fraction of sp³-hybridized carbons (Fsp3) is 0.455. The molecule has 0 spiro atoms. The fourth-order valence-corrected chi connectivity index (χ4v) is 1.74. The van der Waals surface area contributed by atoms with E-state index in [0.717, 1.165) is 13.1 Å². The lowest BCUT2D eigenvalue weighted by molar-refractivity contribution is 0.689. The molecule has 0 radical (unpaired) electrons. The first-order valence-electron chi connectivity index (χ1n) is 5.00. The highest BCUT2D eigenvalue weighted by Crippen LogP contribution is 2.19. The minimum absolute atomic E-state index is 0.617. The topological polar surface area (TPSA) is 27.3 Å². The molecule has 0 aliphatic carbocycles. The van der Waals surface area contributed by atoms with Gasteiger partial charge in [0.2, 0.25) is 0 Å². The van der Waals surface area contributed by atoms with Gasteiger partial charge in [-0.15, -0.1) is 0 Å². The highest BCUT2D eigenvalue weighted by Gasteiger charge is 2.15. The molecule has 0 atom stereocenters. The highest BCUT2D eigenvalue weighted by molar-refractivity contribution is 5.46. The monoisotopic (exact) mass is 191 g/mol. The van der Waals surface area contributed by atoms with Gasteiger partial charge >= 0.3 is 0 Å². The molecule has 3 nitrogen and oxygen atoms in total. The molecule has 2 rings (SSSR count). The Hall–Kier alpha value is -1.06. The van der Waals surface area contributed by atoms with Crippen molar-refractivity contribution >= 4 is 5.69 Å². The number of nitrogens with one attached hydrogen (secondary N) is 2. The predicted molar refractivity (Wildman–Crippen MR) is 59.5 cm³/mol. The lowest BCUT2D eigenvalue weighted by Gasteiger charge is -2.14. The third-order valence-electron chi connectivity index (χ3n) is 2.70. The van der Waals surface area contributed by atoms with Crippen LogP contribution in [0, 0.1) is 0 Å². The standard InChI is InChI=1S/C11H17N3/c1-14(2)11-5-3-9(4-6-11)10-7-12-13-8-10/h3-6,10,12-13H,7-8H2,1-2H3. The minimum atomic E-state index is 0.617. The summed E-state index contributed by atoms with van der Waals surface area (Å²) >= 11 is 0. The second kappa shape index (κ2) is 3.98. The summed E-state index contributed by atoms with van der Waals surface area (Å²) in [6.45, 7) is 2.06. The maximum Gasteiger partial charge on any atom is 0.0361 e. The van der Waals surface area contributed by atoms with Gasteiger partial charge in [-0.2, -0.15) is 0 Å². The van der Waals surface area contributed by atoms with E-state index in [1.165, 1.54) is 11.3 Å². The Kier molecular flexibility index (Phi) is 2.70. The van der Waals surface area contributed by atoms with Crippen molar-refractivity contribution in [1.82, 2.24) is 10.9 Å². The molecule has 1 fully saturated rings. The van der Waals surface area contributed by atoms with E-state index in [2.05, 4.69) is 54.1 Å². The molecule has 1 aromatic rings. The van der Waals surface area contributed by atoms with Crippen LogP contribution in [0.15, 0.2) is 24.3 Å². The summed E-state index contributed by atoms with van der Waals surface area (Å²) in [5.41, 5.74) is 8.96. The maximum atomic E-state index is 3.15. The van der Waals surface area contributed by atoms with Gasteiger partial charge < -0.3 is 4.90 Å². The van der Waals surface area contributed by atoms with Crippen LogP contribution < -0.4 is 15.8 Å². The molecule has 0 bridgehead atoms. The normalized spacial score (nSPS) is 17.3. The van der Waals surface area contributed by atoms with Gasteiger partial charge in [0.05, 0.1) is 0 Å². The van der Waals surface area contributed by atoms with Crippen LogP contribution in [0.3, 0.4) is 0 Å². The predicted octanol–water partition coefficient (Wildman–Crippen LogP) is 0.944. The molecule has 1 heterocycles. The summed E-state index contributed by atoms with van der Waals surface area (Å²) in [5.74, 6) is 0.617. The van der Waals surface area contributed by atoms with Crippen molar-refractivity contribution < 1.29 is 0 Å². The molecule has 1 aliphatic rings. The fourth-order valence-electron chi connectivity index (χ4n) is 1.74. The molecule has 0 unspecified atom stereocenters. The third kappa shape index (κ3) is 1.89. The molecular formula is C11H17N3. The van der Waals surface area contributed by atoms with Crippen LogP contribution in [0.2, 0.25) is 0 Å². The molecule has 1 saturated heterocycles. The summed E-state index contributed by atoms with van der Waals surface area (Å²) in [5, 5.41) is 0. The molecule has 1 aliphatic heterocycles. The van der Waals surface area contributed by atoms with Crippen molar-refractivity contribution in [3.8, 4) is 0 Å². The Morgan fingerprint density at radius 2 is 1.64 bits per heavy atom. The van der Waals surface area contributed by atoms with Crippen LogP contribution >= 0.6 is 0 Å². The zero-order valence-electron chi connectivity index (χ0n) is 8.75. The van der Waals surface area contributed by atoms with Gasteiger partial charge in [-0.1, -0.05) is 12.1 Å². The Morgan fingerprint density at radius 1 is 1.07 bits per heavy atom.